The first kappa shape index (κ1) is 23.8. The van der Waals surface area contributed by atoms with Gasteiger partial charge in [0.2, 0.25) is 5.71 Å². The standard InChI is InChI=1S/C39H24N2O2/c1-2-8-25(9-3-1)26-15-18-28(19-16-26)41(34-12-6-14-36-37(34)33-10-4-5-13-35(33)42-36)29-20-22-30-27(24-29)17-21-31-32-11-7-23-40-39(32)43-38(30)31/h1-24H. The SMILES string of the molecule is c1ccc(-c2ccc(N(c3ccc4c(ccc5c6cccnc6oc45)c3)c3cccc4oc5ccccc5c34)cc2)cc1. The lowest BCUT2D eigenvalue weighted by Gasteiger charge is -2.27. The average Bonchev–Trinajstić information content (AvgIpc) is 3.65. The van der Waals surface area contributed by atoms with Crippen molar-refractivity contribution in [1.29, 1.82) is 0 Å². The Bertz CT molecular complexity index is 2450. The van der Waals surface area contributed by atoms with Crippen molar-refractivity contribution in [3.8, 4) is 11.1 Å². The molecule has 4 heteroatoms. The van der Waals surface area contributed by atoms with Crippen LogP contribution in [0, 0.1) is 0 Å². The first-order valence-corrected chi connectivity index (χ1v) is 14.4. The molecule has 0 fully saturated rings. The van der Waals surface area contributed by atoms with Gasteiger partial charge in [0.15, 0.2) is 0 Å². The summed E-state index contributed by atoms with van der Waals surface area (Å²) < 4.78 is 12.5. The number of fused-ring (bicyclic) bond motifs is 8. The van der Waals surface area contributed by atoms with Gasteiger partial charge in [-0.05, 0) is 83.2 Å². The van der Waals surface area contributed by atoms with Crippen LogP contribution in [0.3, 0.4) is 0 Å². The minimum absolute atomic E-state index is 0.660. The number of hydrogen-bond donors (Lipinski definition) is 0. The number of aromatic nitrogens is 1. The minimum atomic E-state index is 0.660. The lowest BCUT2D eigenvalue weighted by molar-refractivity contribution is 0.657. The highest BCUT2D eigenvalue weighted by atomic mass is 16.3. The molecule has 202 valence electrons. The van der Waals surface area contributed by atoms with Crippen molar-refractivity contribution >= 4 is 71.8 Å². The Kier molecular flexibility index (Phi) is 5.16. The molecule has 3 aromatic heterocycles. The van der Waals surface area contributed by atoms with Gasteiger partial charge in [0.1, 0.15) is 16.7 Å². The van der Waals surface area contributed by atoms with Crippen molar-refractivity contribution in [2.45, 2.75) is 0 Å². The molecular weight excluding hydrogens is 528 g/mol. The van der Waals surface area contributed by atoms with Crippen molar-refractivity contribution in [3.05, 3.63) is 146 Å². The molecule has 0 saturated carbocycles. The van der Waals surface area contributed by atoms with E-state index in [0.29, 0.717) is 5.71 Å². The highest BCUT2D eigenvalue weighted by Crippen LogP contribution is 2.44. The molecule has 43 heavy (non-hydrogen) atoms. The maximum Gasteiger partial charge on any atom is 0.227 e. The topological polar surface area (TPSA) is 42.4 Å². The second-order valence-corrected chi connectivity index (χ2v) is 10.8. The maximum atomic E-state index is 6.29. The van der Waals surface area contributed by atoms with Crippen LogP contribution in [0.5, 0.6) is 0 Å². The fraction of sp³-hybridized carbons (Fsp3) is 0. The van der Waals surface area contributed by atoms with Gasteiger partial charge in [-0.15, -0.1) is 0 Å². The van der Waals surface area contributed by atoms with Gasteiger partial charge in [0.05, 0.1) is 11.1 Å². The number of rotatable bonds is 4. The van der Waals surface area contributed by atoms with E-state index in [1.54, 1.807) is 6.20 Å². The quantitative estimate of drug-likeness (QED) is 0.218. The molecule has 0 N–H and O–H groups in total. The highest BCUT2D eigenvalue weighted by Gasteiger charge is 2.20. The number of nitrogens with zero attached hydrogens (tertiary/aromatic N) is 2. The van der Waals surface area contributed by atoms with Crippen LogP contribution in [0.2, 0.25) is 0 Å². The Morgan fingerprint density at radius 3 is 2.14 bits per heavy atom. The Balaban J connectivity index is 1.27. The van der Waals surface area contributed by atoms with Gasteiger partial charge in [0, 0.05) is 39.1 Å². The number of hydrogen-bond acceptors (Lipinski definition) is 4. The fourth-order valence-corrected chi connectivity index (χ4v) is 6.33. The summed E-state index contributed by atoms with van der Waals surface area (Å²) in [6.45, 7) is 0. The van der Waals surface area contributed by atoms with Crippen LogP contribution in [-0.2, 0) is 0 Å². The smallest absolute Gasteiger partial charge is 0.227 e. The molecule has 0 aliphatic heterocycles. The van der Waals surface area contributed by atoms with Gasteiger partial charge in [-0.1, -0.05) is 72.8 Å². The Hall–Kier alpha value is -5.87. The number of para-hydroxylation sites is 1. The number of benzene rings is 6. The molecule has 6 aromatic carbocycles. The zero-order chi connectivity index (χ0) is 28.3. The van der Waals surface area contributed by atoms with Gasteiger partial charge in [-0.2, -0.15) is 0 Å². The Morgan fingerprint density at radius 1 is 0.488 bits per heavy atom. The van der Waals surface area contributed by atoms with Crippen molar-refractivity contribution in [2.75, 3.05) is 4.90 Å². The number of pyridine rings is 1. The van der Waals surface area contributed by atoms with E-state index in [2.05, 4.69) is 119 Å². The summed E-state index contributed by atoms with van der Waals surface area (Å²) in [5.41, 5.74) is 8.80. The molecule has 0 unspecified atom stereocenters. The van der Waals surface area contributed by atoms with Crippen LogP contribution in [0.15, 0.2) is 155 Å². The van der Waals surface area contributed by atoms with Crippen LogP contribution in [-0.4, -0.2) is 4.98 Å². The molecule has 0 amide bonds. The van der Waals surface area contributed by atoms with E-state index in [1.165, 1.54) is 11.1 Å². The summed E-state index contributed by atoms with van der Waals surface area (Å²) in [7, 11) is 0. The predicted octanol–water partition coefficient (Wildman–Crippen LogP) is 11.2. The van der Waals surface area contributed by atoms with E-state index in [-0.39, 0.29) is 0 Å². The normalized spacial score (nSPS) is 11.7. The first-order chi connectivity index (χ1) is 21.3. The van der Waals surface area contributed by atoms with Crippen LogP contribution in [0.4, 0.5) is 17.1 Å². The third-order valence-corrected chi connectivity index (χ3v) is 8.33. The van der Waals surface area contributed by atoms with Crippen LogP contribution >= 0.6 is 0 Å². The molecular formula is C39H24N2O2. The molecule has 0 bridgehead atoms. The molecule has 9 rings (SSSR count). The largest absolute Gasteiger partial charge is 0.456 e. The molecule has 0 atom stereocenters. The van der Waals surface area contributed by atoms with Gasteiger partial charge < -0.3 is 13.7 Å². The Labute approximate surface area is 247 Å². The van der Waals surface area contributed by atoms with Crippen molar-refractivity contribution < 1.29 is 8.83 Å². The van der Waals surface area contributed by atoms with E-state index in [1.807, 2.05) is 30.3 Å². The van der Waals surface area contributed by atoms with Crippen molar-refractivity contribution in [3.63, 3.8) is 0 Å². The van der Waals surface area contributed by atoms with Crippen LogP contribution in [0.1, 0.15) is 0 Å². The summed E-state index contributed by atoms with van der Waals surface area (Å²) in [6, 6.07) is 48.7. The van der Waals surface area contributed by atoms with E-state index < -0.39 is 0 Å². The molecule has 3 heterocycles. The Morgan fingerprint density at radius 2 is 1.23 bits per heavy atom. The van der Waals surface area contributed by atoms with E-state index >= 15 is 0 Å². The molecule has 0 radical (unpaired) electrons. The molecule has 9 aromatic rings. The van der Waals surface area contributed by atoms with E-state index in [4.69, 9.17) is 8.83 Å². The second kappa shape index (κ2) is 9.33. The lowest BCUT2D eigenvalue weighted by Crippen LogP contribution is -2.10. The average molecular weight is 553 g/mol. The van der Waals surface area contributed by atoms with Gasteiger partial charge in [-0.3, -0.25) is 0 Å². The zero-order valence-electron chi connectivity index (χ0n) is 23.1. The summed E-state index contributed by atoms with van der Waals surface area (Å²) >= 11 is 0. The molecule has 0 aliphatic rings. The first-order valence-electron chi connectivity index (χ1n) is 14.4. The summed E-state index contributed by atoms with van der Waals surface area (Å²) in [6.07, 6.45) is 1.77. The second-order valence-electron chi connectivity index (χ2n) is 10.8. The summed E-state index contributed by atoms with van der Waals surface area (Å²) in [5.74, 6) is 0. The molecule has 0 spiro atoms. The summed E-state index contributed by atoms with van der Waals surface area (Å²) in [5, 5.41) is 6.44. The van der Waals surface area contributed by atoms with Gasteiger partial charge >= 0.3 is 0 Å². The zero-order valence-corrected chi connectivity index (χ0v) is 23.1. The lowest BCUT2D eigenvalue weighted by atomic mass is 10.0. The molecule has 0 aliphatic carbocycles. The fourth-order valence-electron chi connectivity index (χ4n) is 6.33. The monoisotopic (exact) mass is 552 g/mol. The molecule has 4 nitrogen and oxygen atoms in total. The predicted molar refractivity (Wildman–Crippen MR) is 176 cm³/mol. The van der Waals surface area contributed by atoms with E-state index in [9.17, 15) is 0 Å². The number of anilines is 3. The third-order valence-electron chi connectivity index (χ3n) is 8.33. The highest BCUT2D eigenvalue weighted by molar-refractivity contribution is 6.16. The maximum absolute atomic E-state index is 6.29. The minimum Gasteiger partial charge on any atom is -0.456 e. The van der Waals surface area contributed by atoms with Crippen LogP contribution in [0.25, 0.3) is 65.9 Å². The van der Waals surface area contributed by atoms with Crippen molar-refractivity contribution in [2.24, 2.45) is 0 Å². The third kappa shape index (κ3) is 3.74. The number of furan rings is 2. The van der Waals surface area contributed by atoms with E-state index in [0.717, 1.165) is 66.1 Å². The van der Waals surface area contributed by atoms with Crippen molar-refractivity contribution in [1.82, 2.24) is 4.98 Å². The van der Waals surface area contributed by atoms with Crippen LogP contribution < -0.4 is 4.90 Å². The molecule has 0 saturated heterocycles. The summed E-state index contributed by atoms with van der Waals surface area (Å²) in [4.78, 5) is 6.77. The van der Waals surface area contributed by atoms with Gasteiger partial charge in [0.25, 0.3) is 0 Å². The van der Waals surface area contributed by atoms with Gasteiger partial charge in [-0.25, -0.2) is 4.98 Å².